The largest absolute Gasteiger partial charge is 0.468 e. The summed E-state index contributed by atoms with van der Waals surface area (Å²) >= 11 is 0. The van der Waals surface area contributed by atoms with Crippen LogP contribution in [0.5, 0.6) is 5.88 Å². The van der Waals surface area contributed by atoms with Crippen LogP contribution in [-0.4, -0.2) is 52.6 Å². The second kappa shape index (κ2) is 8.33. The van der Waals surface area contributed by atoms with Crippen LogP contribution in [0.25, 0.3) is 0 Å². The average molecular weight is 363 g/mol. The Morgan fingerprint density at radius 1 is 1.46 bits per heavy atom. The Labute approximate surface area is 152 Å². The number of carbonyl (C=O) groups excluding carboxylic acids is 1. The number of amides is 1. The number of hydrogen-bond acceptors (Lipinski definition) is 7. The Morgan fingerprint density at radius 2 is 2.23 bits per heavy atom. The van der Waals surface area contributed by atoms with Crippen molar-refractivity contribution in [3.05, 3.63) is 29.3 Å². The van der Waals surface area contributed by atoms with Crippen molar-refractivity contribution >= 4 is 5.91 Å². The molecule has 26 heavy (non-hydrogen) atoms. The van der Waals surface area contributed by atoms with E-state index >= 15 is 0 Å². The second-order valence-corrected chi connectivity index (χ2v) is 6.42. The standard InChI is InChI=1S/C17H25N5O4/c1-4-11(2)16(13-10-18-26-12(13)3)25-15-9-14(19-20-15)17(23)21-22-5-7-24-8-6-22/h9-11,16H,4-8H2,1-3H3,(H,19,20)(H,21,23). The predicted octanol–water partition coefficient (Wildman–Crippen LogP) is 1.85. The van der Waals surface area contributed by atoms with E-state index in [4.69, 9.17) is 14.0 Å². The maximum Gasteiger partial charge on any atom is 0.283 e. The molecule has 9 heteroatoms. The highest BCUT2D eigenvalue weighted by Gasteiger charge is 2.26. The monoisotopic (exact) mass is 363 g/mol. The number of hydrogen-bond donors (Lipinski definition) is 2. The summed E-state index contributed by atoms with van der Waals surface area (Å²) in [5, 5.41) is 12.5. The molecule has 0 radical (unpaired) electrons. The number of rotatable bonds is 7. The van der Waals surface area contributed by atoms with Gasteiger partial charge in [-0.15, -0.1) is 5.10 Å². The van der Waals surface area contributed by atoms with E-state index in [1.54, 1.807) is 12.3 Å². The molecule has 1 aliphatic heterocycles. The molecule has 1 fully saturated rings. The molecule has 0 aromatic carbocycles. The van der Waals surface area contributed by atoms with Gasteiger partial charge in [-0.05, 0) is 19.3 Å². The molecule has 0 spiro atoms. The number of hydrazine groups is 1. The van der Waals surface area contributed by atoms with Crippen LogP contribution >= 0.6 is 0 Å². The number of nitrogens with one attached hydrogen (secondary N) is 2. The van der Waals surface area contributed by atoms with Gasteiger partial charge in [-0.2, -0.15) is 0 Å². The highest BCUT2D eigenvalue weighted by molar-refractivity contribution is 5.92. The summed E-state index contributed by atoms with van der Waals surface area (Å²) in [5.74, 6) is 1.06. The third kappa shape index (κ3) is 4.23. The Kier molecular flexibility index (Phi) is 5.89. The van der Waals surface area contributed by atoms with Gasteiger partial charge < -0.3 is 14.0 Å². The van der Waals surface area contributed by atoms with E-state index in [1.807, 2.05) is 11.9 Å². The number of nitrogens with zero attached hydrogens (tertiary/aromatic N) is 3. The van der Waals surface area contributed by atoms with Crippen molar-refractivity contribution in [3.63, 3.8) is 0 Å². The maximum atomic E-state index is 12.3. The predicted molar refractivity (Wildman–Crippen MR) is 92.5 cm³/mol. The van der Waals surface area contributed by atoms with Gasteiger partial charge in [0.05, 0.1) is 25.0 Å². The van der Waals surface area contributed by atoms with Crippen LogP contribution in [-0.2, 0) is 4.74 Å². The van der Waals surface area contributed by atoms with E-state index < -0.39 is 0 Å². The number of ether oxygens (including phenoxy) is 2. The number of morpholine rings is 1. The lowest BCUT2D eigenvalue weighted by Crippen LogP contribution is -2.48. The van der Waals surface area contributed by atoms with Crippen LogP contribution in [0, 0.1) is 12.8 Å². The first-order chi connectivity index (χ1) is 12.6. The molecule has 3 heterocycles. The van der Waals surface area contributed by atoms with Gasteiger partial charge in [-0.25, -0.2) is 5.01 Å². The van der Waals surface area contributed by atoms with Gasteiger partial charge in [-0.1, -0.05) is 19.0 Å². The van der Waals surface area contributed by atoms with E-state index in [0.717, 1.165) is 17.7 Å². The molecule has 142 valence electrons. The Bertz CT molecular complexity index is 722. The lowest BCUT2D eigenvalue weighted by Gasteiger charge is -2.26. The lowest BCUT2D eigenvalue weighted by atomic mass is 9.96. The minimum atomic E-state index is -0.254. The lowest BCUT2D eigenvalue weighted by molar-refractivity contribution is 0.0124. The van der Waals surface area contributed by atoms with Crippen LogP contribution in [0.1, 0.15) is 48.2 Å². The van der Waals surface area contributed by atoms with E-state index in [0.29, 0.717) is 37.9 Å². The third-order valence-electron chi connectivity index (χ3n) is 4.57. The summed E-state index contributed by atoms with van der Waals surface area (Å²) < 4.78 is 16.5. The molecular formula is C17H25N5O4. The first kappa shape index (κ1) is 18.4. The molecule has 2 unspecified atom stereocenters. The third-order valence-corrected chi connectivity index (χ3v) is 4.57. The zero-order valence-electron chi connectivity index (χ0n) is 15.3. The van der Waals surface area contributed by atoms with Crippen molar-refractivity contribution in [1.29, 1.82) is 0 Å². The minimum absolute atomic E-state index is 0.232. The summed E-state index contributed by atoms with van der Waals surface area (Å²) in [6.45, 7) is 8.56. The molecule has 9 nitrogen and oxygen atoms in total. The van der Waals surface area contributed by atoms with Gasteiger partial charge in [0.25, 0.3) is 5.91 Å². The summed E-state index contributed by atoms with van der Waals surface area (Å²) in [7, 11) is 0. The summed E-state index contributed by atoms with van der Waals surface area (Å²) in [5.41, 5.74) is 4.07. The molecule has 0 bridgehead atoms. The summed E-state index contributed by atoms with van der Waals surface area (Å²) in [6.07, 6.45) is 2.35. The zero-order valence-corrected chi connectivity index (χ0v) is 15.3. The fourth-order valence-electron chi connectivity index (χ4n) is 2.77. The number of aromatic nitrogens is 3. The van der Waals surface area contributed by atoms with Gasteiger partial charge >= 0.3 is 0 Å². The second-order valence-electron chi connectivity index (χ2n) is 6.42. The van der Waals surface area contributed by atoms with Crippen molar-refractivity contribution in [3.8, 4) is 5.88 Å². The number of aromatic amines is 1. The Balaban J connectivity index is 1.67. The average Bonchev–Trinajstić information content (AvgIpc) is 3.29. The number of carbonyl (C=O) groups is 1. The quantitative estimate of drug-likeness (QED) is 0.773. The van der Waals surface area contributed by atoms with E-state index in [9.17, 15) is 4.79 Å². The Morgan fingerprint density at radius 3 is 2.88 bits per heavy atom. The summed E-state index contributed by atoms with van der Waals surface area (Å²) in [6, 6.07) is 1.61. The van der Waals surface area contributed by atoms with E-state index in [1.165, 1.54) is 0 Å². The SMILES string of the molecule is CCC(C)C(Oc1cc(C(=O)NN2CCOCC2)[nH]n1)c1cnoc1C. The van der Waals surface area contributed by atoms with Gasteiger partial charge in [0.15, 0.2) is 0 Å². The van der Waals surface area contributed by atoms with Gasteiger partial charge in [0.2, 0.25) is 5.88 Å². The molecule has 1 saturated heterocycles. The molecule has 2 aromatic heterocycles. The molecule has 1 aliphatic rings. The van der Waals surface area contributed by atoms with Crippen LogP contribution < -0.4 is 10.2 Å². The van der Waals surface area contributed by atoms with Crippen LogP contribution in [0.15, 0.2) is 16.8 Å². The van der Waals surface area contributed by atoms with Crippen LogP contribution in [0.3, 0.4) is 0 Å². The zero-order chi connectivity index (χ0) is 18.5. The van der Waals surface area contributed by atoms with Crippen molar-refractivity contribution in [2.45, 2.75) is 33.3 Å². The summed E-state index contributed by atoms with van der Waals surface area (Å²) in [4.78, 5) is 12.3. The molecule has 0 saturated carbocycles. The van der Waals surface area contributed by atoms with Crippen LogP contribution in [0.2, 0.25) is 0 Å². The molecule has 3 rings (SSSR count). The minimum Gasteiger partial charge on any atom is -0.468 e. The maximum absolute atomic E-state index is 12.3. The van der Waals surface area contributed by atoms with Gasteiger partial charge in [0, 0.05) is 19.2 Å². The van der Waals surface area contributed by atoms with Crippen molar-refractivity contribution in [2.75, 3.05) is 26.3 Å². The smallest absolute Gasteiger partial charge is 0.283 e. The number of H-pyrrole nitrogens is 1. The first-order valence-corrected chi connectivity index (χ1v) is 8.85. The molecule has 0 aliphatic carbocycles. The van der Waals surface area contributed by atoms with Crippen molar-refractivity contribution in [1.82, 2.24) is 25.8 Å². The fraction of sp³-hybridized carbons (Fsp3) is 0.588. The fourth-order valence-corrected chi connectivity index (χ4v) is 2.77. The van der Waals surface area contributed by atoms with Gasteiger partial charge in [0.1, 0.15) is 17.6 Å². The molecular weight excluding hydrogens is 338 g/mol. The normalized spacial score (nSPS) is 17.7. The van der Waals surface area contributed by atoms with E-state index in [-0.39, 0.29) is 17.9 Å². The first-order valence-electron chi connectivity index (χ1n) is 8.85. The highest BCUT2D eigenvalue weighted by Crippen LogP contribution is 2.31. The number of aryl methyl sites for hydroxylation is 1. The highest BCUT2D eigenvalue weighted by atomic mass is 16.5. The Hall–Kier alpha value is -2.39. The van der Waals surface area contributed by atoms with Crippen molar-refractivity contribution < 1.29 is 18.8 Å². The van der Waals surface area contributed by atoms with Crippen molar-refractivity contribution in [2.24, 2.45) is 5.92 Å². The molecule has 2 atom stereocenters. The molecule has 1 amide bonds. The molecule has 2 aromatic rings. The van der Waals surface area contributed by atoms with Gasteiger partial charge in [-0.3, -0.25) is 15.3 Å². The molecule has 2 N–H and O–H groups in total. The van der Waals surface area contributed by atoms with Crippen LogP contribution in [0.4, 0.5) is 0 Å². The van der Waals surface area contributed by atoms with E-state index in [2.05, 4.69) is 34.6 Å². The topological polar surface area (TPSA) is 106 Å².